The minimum atomic E-state index is 0.611. The molecule has 0 bridgehead atoms. The highest BCUT2D eigenvalue weighted by Gasteiger charge is 1.88. The normalized spacial score (nSPS) is 8.83. The molecule has 0 fully saturated rings. The highest BCUT2D eigenvalue weighted by Crippen LogP contribution is 2.06. The highest BCUT2D eigenvalue weighted by molar-refractivity contribution is 9.08. The number of hydrogen-bond donors (Lipinski definition) is 1. The molecular weight excluding hydrogens is 232 g/mol. The van der Waals surface area contributed by atoms with Gasteiger partial charge < -0.3 is 0 Å². The van der Waals surface area contributed by atoms with Gasteiger partial charge in [-0.05, 0) is 17.7 Å². The monoisotopic (exact) mass is 240 g/mol. The lowest BCUT2D eigenvalue weighted by Gasteiger charge is -1.93. The predicted octanol–water partition coefficient (Wildman–Crippen LogP) is 2.86. The predicted molar refractivity (Wildman–Crippen MR) is 59.8 cm³/mol. The Labute approximate surface area is 86.9 Å². The van der Waals surface area contributed by atoms with Crippen LogP contribution in [0.2, 0.25) is 0 Å². The van der Waals surface area contributed by atoms with E-state index in [1.54, 1.807) is 0 Å². The maximum Gasteiger partial charge on any atom is 0.0521 e. The number of halogens is 1. The van der Waals surface area contributed by atoms with Crippen LogP contribution in [-0.2, 0) is 5.33 Å². The number of thiol groups is 1. The molecule has 0 nitrogen and oxygen atoms in total. The van der Waals surface area contributed by atoms with E-state index in [1.807, 2.05) is 12.1 Å². The summed E-state index contributed by atoms with van der Waals surface area (Å²) in [4.78, 5) is 0. The zero-order chi connectivity index (χ0) is 8.81. The molecule has 62 valence electrons. The molecule has 1 rings (SSSR count). The molecule has 0 saturated heterocycles. The molecule has 0 unspecified atom stereocenters. The van der Waals surface area contributed by atoms with Crippen molar-refractivity contribution in [1.29, 1.82) is 0 Å². The Morgan fingerprint density at radius 1 is 1.25 bits per heavy atom. The second-order valence-electron chi connectivity index (χ2n) is 2.29. The molecule has 0 heterocycles. The topological polar surface area (TPSA) is 0 Å². The summed E-state index contributed by atoms with van der Waals surface area (Å²) in [6.07, 6.45) is 0. The Morgan fingerprint density at radius 2 is 1.92 bits per heavy atom. The van der Waals surface area contributed by atoms with Gasteiger partial charge in [0.25, 0.3) is 0 Å². The molecule has 1 aromatic carbocycles. The molecule has 0 spiro atoms. The van der Waals surface area contributed by atoms with Gasteiger partial charge in [0.2, 0.25) is 0 Å². The van der Waals surface area contributed by atoms with Crippen molar-refractivity contribution in [3.05, 3.63) is 35.4 Å². The average molecular weight is 241 g/mol. The standard InChI is InChI=1S/C10H9BrS/c11-8-10-5-3-9(4-6-10)2-1-7-12/h3-6,12H,7-8H2. The maximum atomic E-state index is 4.01. The lowest BCUT2D eigenvalue weighted by molar-refractivity contribution is 1.43. The summed E-state index contributed by atoms with van der Waals surface area (Å²) < 4.78 is 0. The fourth-order valence-corrected chi connectivity index (χ4v) is 1.27. The summed E-state index contributed by atoms with van der Waals surface area (Å²) in [5.41, 5.74) is 2.32. The van der Waals surface area contributed by atoms with Gasteiger partial charge in [-0.25, -0.2) is 0 Å². The fraction of sp³-hybridized carbons (Fsp3) is 0.200. The van der Waals surface area contributed by atoms with E-state index in [1.165, 1.54) is 5.56 Å². The second kappa shape index (κ2) is 5.29. The lowest BCUT2D eigenvalue weighted by atomic mass is 10.2. The van der Waals surface area contributed by atoms with Crippen LogP contribution in [0.4, 0.5) is 0 Å². The molecule has 0 radical (unpaired) electrons. The minimum Gasteiger partial charge on any atom is -0.166 e. The Bertz CT molecular complexity index is 292. The van der Waals surface area contributed by atoms with Crippen LogP contribution < -0.4 is 0 Å². The van der Waals surface area contributed by atoms with Gasteiger partial charge in [0, 0.05) is 10.9 Å². The third kappa shape index (κ3) is 2.92. The first-order valence-corrected chi connectivity index (χ1v) is 5.37. The largest absolute Gasteiger partial charge is 0.166 e. The highest BCUT2D eigenvalue weighted by atomic mass is 79.9. The summed E-state index contributed by atoms with van der Waals surface area (Å²) in [6.45, 7) is 0. The molecule has 0 amide bonds. The molecular formula is C10H9BrS. The molecule has 1 aromatic rings. The van der Waals surface area contributed by atoms with Crippen molar-refractivity contribution in [1.82, 2.24) is 0 Å². The molecule has 0 atom stereocenters. The van der Waals surface area contributed by atoms with E-state index in [0.29, 0.717) is 5.75 Å². The van der Waals surface area contributed by atoms with Crippen molar-refractivity contribution in [2.75, 3.05) is 5.75 Å². The Balaban J connectivity index is 2.78. The first-order valence-electron chi connectivity index (χ1n) is 3.61. The first-order chi connectivity index (χ1) is 5.86. The zero-order valence-electron chi connectivity index (χ0n) is 6.55. The van der Waals surface area contributed by atoms with Gasteiger partial charge in [-0.15, -0.1) is 0 Å². The molecule has 0 aliphatic carbocycles. The van der Waals surface area contributed by atoms with E-state index in [2.05, 4.69) is 52.5 Å². The summed E-state index contributed by atoms with van der Waals surface area (Å²) in [6, 6.07) is 8.18. The van der Waals surface area contributed by atoms with Crippen molar-refractivity contribution in [2.45, 2.75) is 5.33 Å². The molecule has 0 aromatic heterocycles. The van der Waals surface area contributed by atoms with Gasteiger partial charge in [0.1, 0.15) is 0 Å². The van der Waals surface area contributed by atoms with Gasteiger partial charge in [-0.2, -0.15) is 12.6 Å². The van der Waals surface area contributed by atoms with Gasteiger partial charge >= 0.3 is 0 Å². The number of rotatable bonds is 1. The van der Waals surface area contributed by atoms with Gasteiger partial charge in [0.05, 0.1) is 5.75 Å². The van der Waals surface area contributed by atoms with E-state index in [4.69, 9.17) is 0 Å². The number of hydrogen-bond acceptors (Lipinski definition) is 1. The van der Waals surface area contributed by atoms with Crippen LogP contribution in [0.15, 0.2) is 24.3 Å². The zero-order valence-corrected chi connectivity index (χ0v) is 9.03. The molecule has 0 saturated carbocycles. The molecule has 2 heteroatoms. The van der Waals surface area contributed by atoms with Crippen LogP contribution in [0.3, 0.4) is 0 Å². The van der Waals surface area contributed by atoms with Crippen LogP contribution in [0, 0.1) is 11.8 Å². The average Bonchev–Trinajstić information content (AvgIpc) is 2.15. The summed E-state index contributed by atoms with van der Waals surface area (Å²) in [7, 11) is 0. The van der Waals surface area contributed by atoms with Crippen LogP contribution in [0.25, 0.3) is 0 Å². The Morgan fingerprint density at radius 3 is 2.42 bits per heavy atom. The summed E-state index contributed by atoms with van der Waals surface area (Å²) >= 11 is 7.39. The van der Waals surface area contributed by atoms with Gasteiger partial charge in [0.15, 0.2) is 0 Å². The third-order valence-electron chi connectivity index (χ3n) is 1.42. The van der Waals surface area contributed by atoms with Crippen molar-refractivity contribution < 1.29 is 0 Å². The third-order valence-corrected chi connectivity index (χ3v) is 2.23. The van der Waals surface area contributed by atoms with Gasteiger partial charge in [-0.1, -0.05) is 39.9 Å². The summed E-state index contributed by atoms with van der Waals surface area (Å²) in [5.74, 6) is 6.52. The molecule has 12 heavy (non-hydrogen) atoms. The van der Waals surface area contributed by atoms with Crippen molar-refractivity contribution >= 4 is 28.6 Å². The lowest BCUT2D eigenvalue weighted by Crippen LogP contribution is -1.78. The van der Waals surface area contributed by atoms with Crippen molar-refractivity contribution in [3.63, 3.8) is 0 Å². The Hall–Kier alpha value is -0.390. The SMILES string of the molecule is SCC#Cc1ccc(CBr)cc1. The van der Waals surface area contributed by atoms with Crippen molar-refractivity contribution in [2.24, 2.45) is 0 Å². The molecule has 0 N–H and O–H groups in total. The quantitative estimate of drug-likeness (QED) is 0.436. The molecule has 0 aliphatic rings. The van der Waals surface area contributed by atoms with E-state index in [-0.39, 0.29) is 0 Å². The van der Waals surface area contributed by atoms with E-state index >= 15 is 0 Å². The van der Waals surface area contributed by atoms with E-state index in [9.17, 15) is 0 Å². The van der Waals surface area contributed by atoms with E-state index in [0.717, 1.165) is 10.9 Å². The van der Waals surface area contributed by atoms with Crippen LogP contribution in [0.5, 0.6) is 0 Å². The van der Waals surface area contributed by atoms with Crippen LogP contribution in [0.1, 0.15) is 11.1 Å². The second-order valence-corrected chi connectivity index (χ2v) is 3.17. The molecule has 0 aliphatic heterocycles. The maximum absolute atomic E-state index is 4.01. The van der Waals surface area contributed by atoms with Crippen LogP contribution in [-0.4, -0.2) is 5.75 Å². The summed E-state index contributed by atoms with van der Waals surface area (Å²) in [5, 5.41) is 0.896. The Kier molecular flexibility index (Phi) is 4.27. The number of alkyl halides is 1. The first kappa shape index (κ1) is 9.70. The smallest absolute Gasteiger partial charge is 0.0521 e. The van der Waals surface area contributed by atoms with Crippen molar-refractivity contribution in [3.8, 4) is 11.8 Å². The van der Waals surface area contributed by atoms with Gasteiger partial charge in [-0.3, -0.25) is 0 Å². The van der Waals surface area contributed by atoms with E-state index < -0.39 is 0 Å². The van der Waals surface area contributed by atoms with Crippen LogP contribution >= 0.6 is 28.6 Å². The minimum absolute atomic E-state index is 0.611. The fourth-order valence-electron chi connectivity index (χ4n) is 0.819. The number of benzene rings is 1.